The topological polar surface area (TPSA) is 6.48 Å². The Morgan fingerprint density at radius 1 is 0.452 bits per heavy atom. The van der Waals surface area contributed by atoms with Crippen molar-refractivity contribution in [1.82, 2.24) is 0 Å². The van der Waals surface area contributed by atoms with Crippen LogP contribution in [0.1, 0.15) is 128 Å². The van der Waals surface area contributed by atoms with Crippen molar-refractivity contribution in [1.29, 1.82) is 0 Å². The van der Waals surface area contributed by atoms with Crippen molar-refractivity contribution in [3.63, 3.8) is 0 Å². The van der Waals surface area contributed by atoms with E-state index in [0.29, 0.717) is 0 Å². The van der Waals surface area contributed by atoms with E-state index in [4.69, 9.17) is 0 Å². The van der Waals surface area contributed by atoms with E-state index in [1.165, 1.54) is 131 Å². The van der Waals surface area contributed by atoms with Crippen LogP contribution in [0.25, 0.3) is 33.0 Å². The zero-order valence-corrected chi connectivity index (χ0v) is 38.4. The van der Waals surface area contributed by atoms with Crippen molar-refractivity contribution in [3.05, 3.63) is 161 Å². The number of nitrogens with zero attached hydrogens (tertiary/aromatic N) is 2. The Kier molecular flexibility index (Phi) is 7.60. The lowest BCUT2D eigenvalue weighted by molar-refractivity contribution is 0.331. The molecule has 0 bridgehead atoms. The Bertz CT molecular complexity index is 3050. The highest BCUT2D eigenvalue weighted by Crippen LogP contribution is 2.59. The first-order valence-corrected chi connectivity index (χ1v) is 23.3. The predicted molar refractivity (Wildman–Crippen MR) is 266 cm³/mol. The summed E-state index contributed by atoms with van der Waals surface area (Å²) in [6, 6.07) is 49.9. The third kappa shape index (κ3) is 5.06. The SMILES string of the molecule is CC1(C)CCC(C)(C)c2cc3c(cc21)-c1c2c(cc4ccccc14)N1c4cc5c(cc4C(C)(C)c4cccc(c41)B2N3c1ccc(-c2ccccc2)cc1)C(C)(C)CCC5(C)C. The highest BCUT2D eigenvalue weighted by Gasteiger charge is 2.52. The van der Waals surface area contributed by atoms with Gasteiger partial charge in [0.15, 0.2) is 0 Å². The van der Waals surface area contributed by atoms with Gasteiger partial charge >= 0.3 is 6.85 Å². The number of anilines is 5. The van der Waals surface area contributed by atoms with Gasteiger partial charge in [-0.1, -0.05) is 160 Å². The highest BCUT2D eigenvalue weighted by molar-refractivity contribution is 6.94. The normalized spacial score (nSPS) is 19.7. The van der Waals surface area contributed by atoms with Crippen molar-refractivity contribution in [2.75, 3.05) is 9.71 Å². The Balaban J connectivity index is 1.22. The van der Waals surface area contributed by atoms with Gasteiger partial charge in [-0.3, -0.25) is 0 Å². The molecule has 0 aromatic heterocycles. The molecule has 2 nitrogen and oxygen atoms in total. The van der Waals surface area contributed by atoms with Gasteiger partial charge in [-0.15, -0.1) is 0 Å². The molecule has 0 radical (unpaired) electrons. The zero-order chi connectivity index (χ0) is 42.9. The largest absolute Gasteiger partial charge is 0.376 e. The van der Waals surface area contributed by atoms with Crippen molar-refractivity contribution >= 4 is 57.0 Å². The molecule has 62 heavy (non-hydrogen) atoms. The number of benzene rings is 7. The second-order valence-corrected chi connectivity index (χ2v) is 22.7. The van der Waals surface area contributed by atoms with Gasteiger partial charge in [0.05, 0.1) is 5.69 Å². The standard InChI is InChI=1S/C59H59BN2/c1-55(2)27-29-57(5,6)45-34-49-41(32-43(45)55)52-40-20-15-14-19-38(40)31-51-53(52)60(62(49)39-25-23-37(24-26-39)36-17-12-11-13-18-36)48-22-16-21-42-54(48)61(51)50-35-46-44(33-47(50)59(42,9)10)56(3,4)28-30-58(46,7)8/h11-26,31-35H,27-30H2,1-10H3. The summed E-state index contributed by atoms with van der Waals surface area (Å²) in [5.74, 6) is 0. The van der Waals surface area contributed by atoms with E-state index in [9.17, 15) is 0 Å². The molecule has 0 amide bonds. The monoisotopic (exact) mass is 806 g/mol. The first-order chi connectivity index (χ1) is 29.5. The third-order valence-corrected chi connectivity index (χ3v) is 16.7. The summed E-state index contributed by atoms with van der Waals surface area (Å²) < 4.78 is 0. The molecule has 0 N–H and O–H groups in total. The van der Waals surface area contributed by atoms with E-state index in [-0.39, 0.29) is 33.9 Å². The minimum atomic E-state index is -0.204. The summed E-state index contributed by atoms with van der Waals surface area (Å²) in [5.41, 5.74) is 23.7. The molecular weight excluding hydrogens is 747 g/mol. The molecule has 7 aromatic carbocycles. The summed E-state index contributed by atoms with van der Waals surface area (Å²) >= 11 is 0. The van der Waals surface area contributed by atoms with Crippen molar-refractivity contribution in [3.8, 4) is 22.3 Å². The molecule has 0 spiro atoms. The molecule has 3 aliphatic heterocycles. The van der Waals surface area contributed by atoms with Crippen LogP contribution < -0.4 is 20.6 Å². The molecule has 0 atom stereocenters. The molecule has 2 aliphatic carbocycles. The first-order valence-electron chi connectivity index (χ1n) is 23.3. The minimum Gasteiger partial charge on any atom is -0.376 e. The number of para-hydroxylation sites is 1. The fourth-order valence-electron chi connectivity index (χ4n) is 12.7. The van der Waals surface area contributed by atoms with Crippen LogP contribution in [0.15, 0.2) is 127 Å². The van der Waals surface area contributed by atoms with E-state index in [1.54, 1.807) is 0 Å². The van der Waals surface area contributed by atoms with Crippen molar-refractivity contribution < 1.29 is 0 Å². The average Bonchev–Trinajstić information content (AvgIpc) is 3.26. The molecule has 12 rings (SSSR count). The van der Waals surface area contributed by atoms with Crippen LogP contribution in [-0.4, -0.2) is 6.85 Å². The number of rotatable bonds is 2. The molecule has 7 aromatic rings. The number of hydrogen-bond acceptors (Lipinski definition) is 2. The Labute approximate surface area is 370 Å². The Morgan fingerprint density at radius 3 is 1.68 bits per heavy atom. The van der Waals surface area contributed by atoms with Crippen LogP contribution in [0.4, 0.5) is 28.4 Å². The van der Waals surface area contributed by atoms with Gasteiger partial charge in [0, 0.05) is 33.7 Å². The van der Waals surface area contributed by atoms with Crippen LogP contribution in [0, 0.1) is 0 Å². The number of hydrogen-bond donors (Lipinski definition) is 0. The minimum absolute atomic E-state index is 0.0333. The van der Waals surface area contributed by atoms with E-state index in [0.717, 1.165) is 0 Å². The second kappa shape index (κ2) is 12.3. The summed E-state index contributed by atoms with van der Waals surface area (Å²) in [6.07, 6.45) is 4.76. The lowest BCUT2D eigenvalue weighted by Crippen LogP contribution is -2.62. The quantitative estimate of drug-likeness (QED) is 0.161. The van der Waals surface area contributed by atoms with Crippen LogP contribution in [0.5, 0.6) is 0 Å². The van der Waals surface area contributed by atoms with Gasteiger partial charge in [-0.05, 0) is 156 Å². The maximum atomic E-state index is 2.75. The van der Waals surface area contributed by atoms with Crippen LogP contribution in [0.3, 0.4) is 0 Å². The van der Waals surface area contributed by atoms with E-state index in [1.807, 2.05) is 0 Å². The summed E-state index contributed by atoms with van der Waals surface area (Å²) in [6.45, 7) is 24.7. The molecule has 308 valence electrons. The fourth-order valence-corrected chi connectivity index (χ4v) is 12.7. The van der Waals surface area contributed by atoms with Crippen LogP contribution >= 0.6 is 0 Å². The molecule has 0 unspecified atom stereocenters. The van der Waals surface area contributed by atoms with E-state index < -0.39 is 0 Å². The Morgan fingerprint density at radius 2 is 1.02 bits per heavy atom. The van der Waals surface area contributed by atoms with Crippen molar-refractivity contribution in [2.45, 2.75) is 122 Å². The molecule has 0 saturated heterocycles. The maximum absolute atomic E-state index is 2.75. The molecule has 0 fully saturated rings. The second-order valence-electron chi connectivity index (χ2n) is 22.7. The summed E-state index contributed by atoms with van der Waals surface area (Å²) in [7, 11) is 0. The lowest BCUT2D eigenvalue weighted by atomic mass is 9.42. The molecule has 0 saturated carbocycles. The first kappa shape index (κ1) is 38.2. The lowest BCUT2D eigenvalue weighted by Gasteiger charge is -2.52. The predicted octanol–water partition coefficient (Wildman–Crippen LogP) is 14.6. The smallest absolute Gasteiger partial charge is 0.333 e. The summed E-state index contributed by atoms with van der Waals surface area (Å²) in [4.78, 5) is 5.48. The summed E-state index contributed by atoms with van der Waals surface area (Å²) in [5, 5.41) is 2.64. The van der Waals surface area contributed by atoms with Crippen LogP contribution in [0.2, 0.25) is 0 Å². The highest BCUT2D eigenvalue weighted by atomic mass is 15.2. The molecule has 5 aliphatic rings. The van der Waals surface area contributed by atoms with Gasteiger partial charge in [0.25, 0.3) is 0 Å². The van der Waals surface area contributed by atoms with Crippen LogP contribution in [-0.2, 0) is 27.1 Å². The maximum Gasteiger partial charge on any atom is 0.333 e. The van der Waals surface area contributed by atoms with Gasteiger partial charge in [-0.2, -0.15) is 0 Å². The third-order valence-electron chi connectivity index (χ3n) is 16.7. The van der Waals surface area contributed by atoms with Gasteiger partial charge in [-0.25, -0.2) is 0 Å². The van der Waals surface area contributed by atoms with Gasteiger partial charge in [0.1, 0.15) is 0 Å². The van der Waals surface area contributed by atoms with E-state index in [2.05, 4.69) is 206 Å². The van der Waals surface area contributed by atoms with E-state index >= 15 is 0 Å². The molecular formula is C59H59BN2. The zero-order valence-electron chi connectivity index (χ0n) is 38.4. The number of fused-ring (bicyclic) bond motifs is 10. The van der Waals surface area contributed by atoms with Crippen molar-refractivity contribution in [2.24, 2.45) is 0 Å². The average molecular weight is 807 g/mol. The van der Waals surface area contributed by atoms with Gasteiger partial charge in [0.2, 0.25) is 0 Å². The molecule has 3 heterocycles. The molecule has 3 heteroatoms. The van der Waals surface area contributed by atoms with Gasteiger partial charge < -0.3 is 9.71 Å². The Hall–Kier alpha value is -5.54. The fraction of sp³-hybridized carbons (Fsp3) is 0.322.